The van der Waals surface area contributed by atoms with E-state index in [0.717, 1.165) is 11.5 Å². The van der Waals surface area contributed by atoms with Gasteiger partial charge in [-0.1, -0.05) is 22.9 Å². The highest BCUT2D eigenvalue weighted by molar-refractivity contribution is 9.08. The van der Waals surface area contributed by atoms with Gasteiger partial charge in [-0.15, -0.1) is 11.8 Å². The molecule has 0 aliphatic carbocycles. The lowest BCUT2D eigenvalue weighted by Gasteiger charge is -2.26. The fourth-order valence-corrected chi connectivity index (χ4v) is 4.91. The molecule has 0 radical (unpaired) electrons. The monoisotopic (exact) mass is 354 g/mol. The Kier molecular flexibility index (Phi) is 5.26. The summed E-state index contributed by atoms with van der Waals surface area (Å²) in [5, 5.41) is 0.837. The molecule has 0 bridgehead atoms. The molecule has 18 heavy (non-hydrogen) atoms. The van der Waals surface area contributed by atoms with Crippen LogP contribution in [0.25, 0.3) is 0 Å². The van der Waals surface area contributed by atoms with E-state index in [4.69, 9.17) is 0 Å². The van der Waals surface area contributed by atoms with Crippen molar-refractivity contribution < 1.29 is 8.78 Å². The summed E-state index contributed by atoms with van der Waals surface area (Å²) in [6.07, 6.45) is -1.03. The van der Waals surface area contributed by atoms with Crippen LogP contribution in [0.4, 0.5) is 8.78 Å². The molecule has 1 fully saturated rings. The number of thioether (sulfide) groups is 2. The number of halogens is 3. The SMILES string of the molecule is CC1SCCSC1c1ncc(CBr)c(C(F)F)n1. The fourth-order valence-electron chi connectivity index (χ4n) is 1.78. The number of nitrogens with zero attached hydrogens (tertiary/aromatic N) is 2. The average molecular weight is 355 g/mol. The first-order valence-electron chi connectivity index (χ1n) is 5.56. The molecular formula is C11H13BrF2N2S2. The standard InChI is InChI=1S/C11H13BrF2N2S2/c1-6-9(18-3-2-17-6)11-15-5-7(4-12)8(16-11)10(13)14/h5-6,9-10H,2-4H2,1H3. The highest BCUT2D eigenvalue weighted by atomic mass is 79.9. The molecule has 7 heteroatoms. The summed E-state index contributed by atoms with van der Waals surface area (Å²) >= 11 is 6.79. The third-order valence-electron chi connectivity index (χ3n) is 2.71. The minimum atomic E-state index is -2.55. The van der Waals surface area contributed by atoms with Crippen molar-refractivity contribution in [1.29, 1.82) is 0 Å². The third kappa shape index (κ3) is 3.17. The molecular weight excluding hydrogens is 342 g/mol. The maximum absolute atomic E-state index is 12.9. The molecule has 1 aromatic heterocycles. The summed E-state index contributed by atoms with van der Waals surface area (Å²) in [5.41, 5.74) is 0.329. The Labute approximate surface area is 122 Å². The van der Waals surface area contributed by atoms with Crippen molar-refractivity contribution in [3.8, 4) is 0 Å². The summed E-state index contributed by atoms with van der Waals surface area (Å²) in [6.45, 7) is 2.10. The van der Waals surface area contributed by atoms with Gasteiger partial charge in [-0.25, -0.2) is 18.7 Å². The molecule has 1 saturated heterocycles. The second kappa shape index (κ2) is 6.52. The first-order valence-corrected chi connectivity index (χ1v) is 8.78. The summed E-state index contributed by atoms with van der Waals surface area (Å²) in [5.74, 6) is 2.66. The molecule has 1 aromatic rings. The zero-order valence-corrected chi connectivity index (χ0v) is 13.0. The Bertz CT molecular complexity index is 420. The van der Waals surface area contributed by atoms with Crippen LogP contribution in [0.3, 0.4) is 0 Å². The van der Waals surface area contributed by atoms with Gasteiger partial charge in [-0.2, -0.15) is 11.8 Å². The van der Waals surface area contributed by atoms with Crippen LogP contribution in [0.5, 0.6) is 0 Å². The minimum absolute atomic E-state index is 0.116. The summed E-state index contributed by atoms with van der Waals surface area (Å²) in [7, 11) is 0. The Morgan fingerprint density at radius 1 is 1.44 bits per heavy atom. The van der Waals surface area contributed by atoms with Crippen molar-refractivity contribution in [2.45, 2.75) is 29.2 Å². The first-order chi connectivity index (χ1) is 8.63. The van der Waals surface area contributed by atoms with Crippen molar-refractivity contribution in [2.75, 3.05) is 11.5 Å². The Morgan fingerprint density at radius 3 is 2.78 bits per heavy atom. The highest BCUT2D eigenvalue weighted by Crippen LogP contribution is 2.41. The van der Waals surface area contributed by atoms with E-state index < -0.39 is 6.43 Å². The van der Waals surface area contributed by atoms with Gasteiger partial charge in [0.1, 0.15) is 11.5 Å². The molecule has 1 aliphatic rings. The molecule has 100 valence electrons. The molecule has 0 amide bonds. The van der Waals surface area contributed by atoms with E-state index in [-0.39, 0.29) is 10.9 Å². The van der Waals surface area contributed by atoms with Crippen LogP contribution in [0.15, 0.2) is 6.20 Å². The molecule has 2 atom stereocenters. The van der Waals surface area contributed by atoms with E-state index in [1.807, 2.05) is 11.8 Å². The minimum Gasteiger partial charge on any atom is -0.240 e. The van der Waals surface area contributed by atoms with Gasteiger partial charge in [-0.3, -0.25) is 0 Å². The number of hydrogen-bond donors (Lipinski definition) is 0. The lowest BCUT2D eigenvalue weighted by molar-refractivity contribution is 0.144. The number of aromatic nitrogens is 2. The maximum Gasteiger partial charge on any atom is 0.280 e. The molecule has 1 aliphatic heterocycles. The van der Waals surface area contributed by atoms with Crippen LogP contribution in [0.2, 0.25) is 0 Å². The van der Waals surface area contributed by atoms with Gasteiger partial charge in [0.05, 0.1) is 5.25 Å². The molecule has 0 spiro atoms. The van der Waals surface area contributed by atoms with Gasteiger partial charge in [-0.05, 0) is 0 Å². The van der Waals surface area contributed by atoms with Crippen LogP contribution < -0.4 is 0 Å². The van der Waals surface area contributed by atoms with Gasteiger partial charge in [0, 0.05) is 33.8 Å². The Morgan fingerprint density at radius 2 is 2.17 bits per heavy atom. The van der Waals surface area contributed by atoms with Crippen LogP contribution in [0.1, 0.15) is 35.7 Å². The van der Waals surface area contributed by atoms with E-state index in [2.05, 4.69) is 32.8 Å². The van der Waals surface area contributed by atoms with E-state index in [1.54, 1.807) is 11.8 Å². The number of hydrogen-bond acceptors (Lipinski definition) is 4. The maximum atomic E-state index is 12.9. The number of alkyl halides is 3. The molecule has 0 saturated carbocycles. The topological polar surface area (TPSA) is 25.8 Å². The van der Waals surface area contributed by atoms with Crippen LogP contribution in [-0.2, 0) is 5.33 Å². The second-order valence-electron chi connectivity index (χ2n) is 3.94. The van der Waals surface area contributed by atoms with E-state index in [0.29, 0.717) is 22.0 Å². The van der Waals surface area contributed by atoms with Gasteiger partial charge in [0.15, 0.2) is 0 Å². The molecule has 2 heterocycles. The fraction of sp³-hybridized carbons (Fsp3) is 0.636. The van der Waals surface area contributed by atoms with Crippen LogP contribution >= 0.6 is 39.5 Å². The molecule has 2 nitrogen and oxygen atoms in total. The zero-order chi connectivity index (χ0) is 13.1. The van der Waals surface area contributed by atoms with Crippen LogP contribution in [-0.4, -0.2) is 26.7 Å². The van der Waals surface area contributed by atoms with Crippen molar-refractivity contribution in [3.05, 3.63) is 23.3 Å². The van der Waals surface area contributed by atoms with Crippen molar-refractivity contribution >= 4 is 39.5 Å². The average Bonchev–Trinajstić information content (AvgIpc) is 2.38. The molecule has 2 unspecified atom stereocenters. The molecule has 0 N–H and O–H groups in total. The highest BCUT2D eigenvalue weighted by Gasteiger charge is 2.28. The van der Waals surface area contributed by atoms with E-state index in [9.17, 15) is 8.78 Å². The lowest BCUT2D eigenvalue weighted by atomic mass is 10.2. The summed E-state index contributed by atoms with van der Waals surface area (Å²) in [6, 6.07) is 0. The summed E-state index contributed by atoms with van der Waals surface area (Å²) in [4.78, 5) is 8.35. The predicted octanol–water partition coefficient (Wildman–Crippen LogP) is 4.22. The van der Waals surface area contributed by atoms with Crippen molar-refractivity contribution in [2.24, 2.45) is 0 Å². The smallest absolute Gasteiger partial charge is 0.240 e. The molecule has 0 aromatic carbocycles. The zero-order valence-electron chi connectivity index (χ0n) is 9.78. The van der Waals surface area contributed by atoms with Crippen molar-refractivity contribution in [1.82, 2.24) is 9.97 Å². The number of rotatable bonds is 3. The quantitative estimate of drug-likeness (QED) is 0.759. The van der Waals surface area contributed by atoms with Gasteiger partial charge >= 0.3 is 0 Å². The first kappa shape index (κ1) is 14.5. The molecule has 2 rings (SSSR count). The Balaban J connectivity index is 2.30. The van der Waals surface area contributed by atoms with Crippen LogP contribution in [0, 0.1) is 0 Å². The van der Waals surface area contributed by atoms with Crippen molar-refractivity contribution in [3.63, 3.8) is 0 Å². The van der Waals surface area contributed by atoms with Gasteiger partial charge in [0.25, 0.3) is 6.43 Å². The summed E-state index contributed by atoms with van der Waals surface area (Å²) < 4.78 is 25.9. The largest absolute Gasteiger partial charge is 0.280 e. The van der Waals surface area contributed by atoms with Gasteiger partial charge in [0.2, 0.25) is 0 Å². The van der Waals surface area contributed by atoms with E-state index in [1.165, 1.54) is 6.20 Å². The van der Waals surface area contributed by atoms with Gasteiger partial charge < -0.3 is 0 Å². The third-order valence-corrected chi connectivity index (χ3v) is 6.40. The Hall–Kier alpha value is 0.120. The lowest BCUT2D eigenvalue weighted by Crippen LogP contribution is -2.19. The second-order valence-corrected chi connectivity index (χ2v) is 7.24. The van der Waals surface area contributed by atoms with E-state index >= 15 is 0 Å². The predicted molar refractivity (Wildman–Crippen MR) is 76.7 cm³/mol. The normalized spacial score (nSPS) is 24.5.